The average molecular weight is 391 g/mol. The van der Waals surface area contributed by atoms with E-state index in [1.54, 1.807) is 11.3 Å². The molecule has 0 saturated heterocycles. The van der Waals surface area contributed by atoms with Crippen molar-refractivity contribution in [3.8, 4) is 0 Å². The van der Waals surface area contributed by atoms with Gasteiger partial charge in [-0.1, -0.05) is 56.3 Å². The van der Waals surface area contributed by atoms with E-state index in [9.17, 15) is 9.59 Å². The van der Waals surface area contributed by atoms with Crippen LogP contribution in [0.5, 0.6) is 0 Å². The van der Waals surface area contributed by atoms with Crippen molar-refractivity contribution in [2.45, 2.75) is 32.6 Å². The van der Waals surface area contributed by atoms with Gasteiger partial charge < -0.3 is 10.7 Å². The summed E-state index contributed by atoms with van der Waals surface area (Å²) in [6.45, 7) is 5.77. The van der Waals surface area contributed by atoms with Crippen LogP contribution < -0.4 is 11.3 Å². The third-order valence-electron chi connectivity index (χ3n) is 5.17. The highest BCUT2D eigenvalue weighted by atomic mass is 32.1. The number of carbonyl (C=O) groups excluding carboxylic acids is 1. The molecular weight excluding hydrogens is 368 g/mol. The zero-order valence-corrected chi connectivity index (χ0v) is 16.9. The molecule has 1 aromatic carbocycles. The van der Waals surface area contributed by atoms with Gasteiger partial charge in [0.1, 0.15) is 10.4 Å². The molecule has 5 heteroatoms. The third-order valence-corrected chi connectivity index (χ3v) is 6.66. The molecule has 0 bridgehead atoms. The molecule has 2 aromatic heterocycles. The van der Waals surface area contributed by atoms with Crippen molar-refractivity contribution in [1.82, 2.24) is 4.98 Å². The van der Waals surface area contributed by atoms with Gasteiger partial charge in [-0.15, -0.1) is 11.3 Å². The van der Waals surface area contributed by atoms with E-state index in [-0.39, 0.29) is 22.4 Å². The van der Waals surface area contributed by atoms with Crippen LogP contribution in [0.2, 0.25) is 0 Å². The highest BCUT2D eigenvalue weighted by Crippen LogP contribution is 2.47. The number of hydrogen-bond donors (Lipinski definition) is 2. The summed E-state index contributed by atoms with van der Waals surface area (Å²) < 4.78 is 0. The van der Waals surface area contributed by atoms with Crippen LogP contribution in [0.25, 0.3) is 22.4 Å². The summed E-state index contributed by atoms with van der Waals surface area (Å²) in [5.41, 5.74) is 9.48. The Balaban J connectivity index is 1.92. The standard InChI is InChI=1S/C23H22N2O2S/c1-13(26)17-19(24)18-16-11-15(10-9-14-7-5-4-6-8-14)12-23(2,3)20(16)28-22(18)25-21(17)27/h4-11H,12H2,1-3H3,(H3,24,25,27)/b10-9+. The molecule has 0 amide bonds. The van der Waals surface area contributed by atoms with E-state index in [0.717, 1.165) is 27.8 Å². The fourth-order valence-electron chi connectivity index (χ4n) is 3.90. The number of rotatable bonds is 3. The van der Waals surface area contributed by atoms with Crippen LogP contribution in [-0.4, -0.2) is 10.8 Å². The number of Topliss-reactive ketones (excluding diaryl/α,β-unsaturated/α-hetero) is 1. The first kappa shape index (κ1) is 18.4. The number of nitrogens with two attached hydrogens (primary N) is 1. The molecule has 142 valence electrons. The van der Waals surface area contributed by atoms with Crippen LogP contribution in [0.15, 0.2) is 46.8 Å². The number of anilines is 1. The molecule has 0 aliphatic heterocycles. The molecule has 28 heavy (non-hydrogen) atoms. The van der Waals surface area contributed by atoms with Crippen LogP contribution in [0.1, 0.15) is 53.6 Å². The molecule has 3 N–H and O–H groups in total. The van der Waals surface area contributed by atoms with Crippen molar-refractivity contribution in [2.24, 2.45) is 0 Å². The Kier molecular flexibility index (Phi) is 4.35. The number of fused-ring (bicyclic) bond motifs is 3. The molecule has 0 spiro atoms. The van der Waals surface area contributed by atoms with Crippen LogP contribution in [-0.2, 0) is 5.41 Å². The Morgan fingerprint density at radius 1 is 1.21 bits per heavy atom. The van der Waals surface area contributed by atoms with E-state index in [2.05, 4.69) is 49.2 Å². The fourth-order valence-corrected chi connectivity index (χ4v) is 5.19. The summed E-state index contributed by atoms with van der Waals surface area (Å²) in [7, 11) is 0. The lowest BCUT2D eigenvalue weighted by atomic mass is 9.77. The Morgan fingerprint density at radius 3 is 2.61 bits per heavy atom. The topological polar surface area (TPSA) is 76.0 Å². The lowest BCUT2D eigenvalue weighted by Gasteiger charge is -2.29. The van der Waals surface area contributed by atoms with Gasteiger partial charge in [0.15, 0.2) is 5.78 Å². The second kappa shape index (κ2) is 6.60. The SMILES string of the molecule is CC(=O)c1c(N)c2c3c(sc2[nH]c1=O)C(C)(C)CC(/C=C/c1ccccc1)=C3. The van der Waals surface area contributed by atoms with E-state index in [0.29, 0.717) is 0 Å². The number of nitrogen functional groups attached to an aromatic ring is 1. The number of hydrogen-bond acceptors (Lipinski definition) is 4. The number of allylic oxidation sites excluding steroid dienone is 2. The molecule has 0 saturated carbocycles. The molecule has 4 rings (SSSR count). The van der Waals surface area contributed by atoms with E-state index >= 15 is 0 Å². The van der Waals surface area contributed by atoms with Crippen molar-refractivity contribution < 1.29 is 4.79 Å². The van der Waals surface area contributed by atoms with Crippen LogP contribution >= 0.6 is 11.3 Å². The first-order valence-electron chi connectivity index (χ1n) is 9.21. The summed E-state index contributed by atoms with van der Waals surface area (Å²) in [6, 6.07) is 10.2. The second-order valence-electron chi connectivity index (χ2n) is 7.87. The quantitative estimate of drug-likeness (QED) is 0.607. The zero-order chi connectivity index (χ0) is 20.1. The zero-order valence-electron chi connectivity index (χ0n) is 16.1. The second-order valence-corrected chi connectivity index (χ2v) is 8.89. The molecular formula is C23H22N2O2S. The largest absolute Gasteiger partial charge is 0.397 e. The van der Waals surface area contributed by atoms with Gasteiger partial charge in [0.25, 0.3) is 5.56 Å². The predicted octanol–water partition coefficient (Wildman–Crippen LogP) is 5.15. The lowest BCUT2D eigenvalue weighted by molar-refractivity contribution is 0.101. The van der Waals surface area contributed by atoms with E-state index < -0.39 is 5.56 Å². The van der Waals surface area contributed by atoms with E-state index in [1.165, 1.54) is 17.4 Å². The van der Waals surface area contributed by atoms with E-state index in [1.807, 2.05) is 18.2 Å². The number of aromatic nitrogens is 1. The molecule has 1 aliphatic rings. The number of H-pyrrole nitrogens is 1. The van der Waals surface area contributed by atoms with Crippen molar-refractivity contribution in [2.75, 3.05) is 5.73 Å². The summed E-state index contributed by atoms with van der Waals surface area (Å²) in [6.07, 6.45) is 7.27. The van der Waals surface area contributed by atoms with Gasteiger partial charge in [0.2, 0.25) is 0 Å². The first-order valence-corrected chi connectivity index (χ1v) is 10.0. The fraction of sp³-hybridized carbons (Fsp3) is 0.217. The highest BCUT2D eigenvalue weighted by Gasteiger charge is 2.32. The predicted molar refractivity (Wildman–Crippen MR) is 118 cm³/mol. The highest BCUT2D eigenvalue weighted by molar-refractivity contribution is 7.19. The van der Waals surface area contributed by atoms with Gasteiger partial charge in [-0.25, -0.2) is 0 Å². The molecule has 0 radical (unpaired) electrons. The summed E-state index contributed by atoms with van der Waals surface area (Å²) in [5, 5.41) is 0.781. The average Bonchev–Trinajstić information content (AvgIpc) is 2.99. The number of nitrogens with one attached hydrogen (secondary N) is 1. The summed E-state index contributed by atoms with van der Waals surface area (Å²) >= 11 is 1.56. The molecule has 3 aromatic rings. The first-order chi connectivity index (χ1) is 13.3. The van der Waals surface area contributed by atoms with E-state index in [4.69, 9.17) is 5.73 Å². The Bertz CT molecular complexity index is 1210. The summed E-state index contributed by atoms with van der Waals surface area (Å²) in [4.78, 5) is 29.0. The Labute approximate surface area is 167 Å². The smallest absolute Gasteiger partial charge is 0.262 e. The maximum absolute atomic E-state index is 12.3. The van der Waals surface area contributed by atoms with Crippen molar-refractivity contribution >= 4 is 45.2 Å². The molecule has 1 aliphatic carbocycles. The van der Waals surface area contributed by atoms with Crippen molar-refractivity contribution in [1.29, 1.82) is 0 Å². The number of aromatic amines is 1. The lowest BCUT2D eigenvalue weighted by Crippen LogP contribution is -2.20. The van der Waals surface area contributed by atoms with Gasteiger partial charge in [-0.2, -0.15) is 0 Å². The van der Waals surface area contributed by atoms with Crippen LogP contribution in [0.4, 0.5) is 5.69 Å². The van der Waals surface area contributed by atoms with Crippen molar-refractivity contribution in [3.05, 3.63) is 73.9 Å². The Morgan fingerprint density at radius 2 is 1.93 bits per heavy atom. The maximum Gasteiger partial charge on any atom is 0.262 e. The van der Waals surface area contributed by atoms with Gasteiger partial charge >= 0.3 is 0 Å². The molecule has 0 unspecified atom stereocenters. The molecule has 0 fully saturated rings. The number of benzene rings is 1. The van der Waals surface area contributed by atoms with Gasteiger partial charge in [-0.3, -0.25) is 9.59 Å². The minimum Gasteiger partial charge on any atom is -0.397 e. The molecule has 4 nitrogen and oxygen atoms in total. The Hall–Kier alpha value is -2.92. The van der Waals surface area contributed by atoms with Gasteiger partial charge in [-0.05, 0) is 30.6 Å². The van der Waals surface area contributed by atoms with Crippen LogP contribution in [0, 0.1) is 0 Å². The van der Waals surface area contributed by atoms with Gasteiger partial charge in [0, 0.05) is 21.2 Å². The maximum atomic E-state index is 12.3. The minimum atomic E-state index is -0.415. The number of carbonyl (C=O) groups is 1. The van der Waals surface area contributed by atoms with Crippen LogP contribution in [0.3, 0.4) is 0 Å². The minimum absolute atomic E-state index is 0.0475. The number of pyridine rings is 1. The summed E-state index contributed by atoms with van der Waals surface area (Å²) in [5.74, 6) is -0.316. The molecule has 0 atom stereocenters. The normalized spacial score (nSPS) is 15.6. The third kappa shape index (κ3) is 3.02. The monoisotopic (exact) mass is 390 g/mol. The number of ketones is 1. The number of thiophene rings is 1. The molecule has 2 heterocycles. The van der Waals surface area contributed by atoms with Crippen molar-refractivity contribution in [3.63, 3.8) is 0 Å². The van der Waals surface area contributed by atoms with Gasteiger partial charge in [0.05, 0.1) is 5.69 Å².